The number of hydrogen-bond donors (Lipinski definition) is 1. The van der Waals surface area contributed by atoms with E-state index in [0.29, 0.717) is 23.3 Å². The average Bonchev–Trinajstić information content (AvgIpc) is 2.65. The highest BCUT2D eigenvalue weighted by atomic mass is 16.5. The van der Waals surface area contributed by atoms with Crippen molar-refractivity contribution in [1.29, 1.82) is 0 Å². The Morgan fingerprint density at radius 1 is 0.963 bits per heavy atom. The van der Waals surface area contributed by atoms with Crippen LogP contribution in [0.1, 0.15) is 56.2 Å². The molecule has 4 nitrogen and oxygen atoms in total. The van der Waals surface area contributed by atoms with Crippen LogP contribution in [-0.2, 0) is 4.79 Å². The molecular weight excluding hydrogens is 338 g/mol. The number of benzene rings is 2. The predicted octanol–water partition coefficient (Wildman–Crippen LogP) is 5.60. The minimum atomic E-state index is -0.164. The zero-order chi connectivity index (χ0) is 20.0. The molecule has 0 radical (unpaired) electrons. The number of methoxy groups -OCH3 is 2. The zero-order valence-electron chi connectivity index (χ0n) is 17.0. The molecule has 0 unspecified atom stereocenters. The first-order chi connectivity index (χ1) is 12.9. The smallest absolute Gasteiger partial charge is 0.248 e. The number of para-hydroxylation sites is 1. The van der Waals surface area contributed by atoms with Crippen molar-refractivity contribution in [2.45, 2.75) is 39.5 Å². The van der Waals surface area contributed by atoms with Crippen LogP contribution in [0.4, 0.5) is 5.69 Å². The van der Waals surface area contributed by atoms with Gasteiger partial charge in [0.15, 0.2) is 0 Å². The molecule has 144 valence electrons. The van der Waals surface area contributed by atoms with Crippen LogP contribution in [0.5, 0.6) is 11.5 Å². The summed E-state index contributed by atoms with van der Waals surface area (Å²) in [5.41, 5.74) is 4.02. The highest BCUT2D eigenvalue weighted by molar-refractivity contribution is 6.03. The molecule has 1 amide bonds. The van der Waals surface area contributed by atoms with Crippen molar-refractivity contribution >= 4 is 17.7 Å². The van der Waals surface area contributed by atoms with E-state index in [1.165, 1.54) is 6.08 Å². The molecule has 27 heavy (non-hydrogen) atoms. The van der Waals surface area contributed by atoms with Gasteiger partial charge in [0.05, 0.1) is 14.2 Å². The monoisotopic (exact) mass is 367 g/mol. The second-order valence-corrected chi connectivity index (χ2v) is 7.05. The Morgan fingerprint density at radius 2 is 1.59 bits per heavy atom. The molecule has 0 fully saturated rings. The van der Waals surface area contributed by atoms with E-state index in [9.17, 15) is 4.79 Å². The minimum absolute atomic E-state index is 0.164. The van der Waals surface area contributed by atoms with E-state index in [1.807, 2.05) is 12.1 Å². The van der Waals surface area contributed by atoms with Crippen molar-refractivity contribution in [3.8, 4) is 11.5 Å². The lowest BCUT2D eigenvalue weighted by molar-refractivity contribution is -0.111. The average molecular weight is 367 g/mol. The van der Waals surface area contributed by atoms with E-state index in [0.717, 1.165) is 22.4 Å². The van der Waals surface area contributed by atoms with Gasteiger partial charge in [-0.3, -0.25) is 4.79 Å². The highest BCUT2D eigenvalue weighted by Gasteiger charge is 2.15. The van der Waals surface area contributed by atoms with E-state index in [4.69, 9.17) is 9.47 Å². The fourth-order valence-electron chi connectivity index (χ4n) is 2.98. The Bertz CT molecular complexity index is 796. The van der Waals surface area contributed by atoms with Crippen LogP contribution in [0.15, 0.2) is 42.5 Å². The summed E-state index contributed by atoms with van der Waals surface area (Å²) >= 11 is 0. The van der Waals surface area contributed by atoms with Gasteiger partial charge in [-0.25, -0.2) is 0 Å². The lowest BCUT2D eigenvalue weighted by Crippen LogP contribution is -2.13. The van der Waals surface area contributed by atoms with Gasteiger partial charge in [-0.05, 0) is 41.2 Å². The molecule has 0 saturated carbocycles. The van der Waals surface area contributed by atoms with Gasteiger partial charge in [-0.2, -0.15) is 0 Å². The molecule has 2 rings (SSSR count). The predicted molar refractivity (Wildman–Crippen MR) is 112 cm³/mol. The third kappa shape index (κ3) is 5.13. The van der Waals surface area contributed by atoms with Crippen molar-refractivity contribution in [3.63, 3.8) is 0 Å². The summed E-state index contributed by atoms with van der Waals surface area (Å²) in [6, 6.07) is 11.7. The van der Waals surface area contributed by atoms with Gasteiger partial charge in [-0.1, -0.05) is 45.9 Å². The van der Waals surface area contributed by atoms with E-state index in [1.54, 1.807) is 26.4 Å². The molecule has 0 heterocycles. The largest absolute Gasteiger partial charge is 0.497 e. The molecule has 4 heteroatoms. The Kier molecular flexibility index (Phi) is 7.05. The van der Waals surface area contributed by atoms with Gasteiger partial charge in [0.2, 0.25) is 5.91 Å². The molecule has 2 aromatic carbocycles. The summed E-state index contributed by atoms with van der Waals surface area (Å²) < 4.78 is 10.6. The lowest BCUT2D eigenvalue weighted by Gasteiger charge is -2.19. The maximum Gasteiger partial charge on any atom is 0.248 e. The van der Waals surface area contributed by atoms with Gasteiger partial charge >= 0.3 is 0 Å². The van der Waals surface area contributed by atoms with Crippen LogP contribution in [0.25, 0.3) is 6.08 Å². The van der Waals surface area contributed by atoms with Crippen LogP contribution < -0.4 is 14.8 Å². The fraction of sp³-hybridized carbons (Fsp3) is 0.348. The van der Waals surface area contributed by atoms with Crippen molar-refractivity contribution in [3.05, 3.63) is 59.2 Å². The summed E-state index contributed by atoms with van der Waals surface area (Å²) in [7, 11) is 3.20. The maximum atomic E-state index is 12.6. The van der Waals surface area contributed by atoms with E-state index >= 15 is 0 Å². The maximum absolute atomic E-state index is 12.6. The first kappa shape index (κ1) is 20.6. The number of anilines is 1. The zero-order valence-corrected chi connectivity index (χ0v) is 17.0. The summed E-state index contributed by atoms with van der Waals surface area (Å²) in [4.78, 5) is 12.6. The topological polar surface area (TPSA) is 47.6 Å². The summed E-state index contributed by atoms with van der Waals surface area (Å²) in [6.45, 7) is 8.53. The van der Waals surface area contributed by atoms with Crippen LogP contribution in [0, 0.1) is 0 Å². The van der Waals surface area contributed by atoms with Crippen LogP contribution in [0.3, 0.4) is 0 Å². The minimum Gasteiger partial charge on any atom is -0.497 e. The molecule has 0 aliphatic rings. The molecule has 0 aliphatic carbocycles. The molecule has 0 saturated heterocycles. The highest BCUT2D eigenvalue weighted by Crippen LogP contribution is 2.32. The Labute approximate surface area is 162 Å². The molecule has 0 aliphatic heterocycles. The molecule has 0 spiro atoms. The Hall–Kier alpha value is -2.75. The summed E-state index contributed by atoms with van der Waals surface area (Å²) in [6.07, 6.45) is 3.28. The second-order valence-electron chi connectivity index (χ2n) is 7.05. The molecule has 2 aromatic rings. The third-order valence-corrected chi connectivity index (χ3v) is 4.48. The Balaban J connectivity index is 2.27. The van der Waals surface area contributed by atoms with E-state index in [2.05, 4.69) is 51.2 Å². The standard InChI is InChI=1S/C23H29NO3/c1-15(2)19-8-7-9-20(16(3)4)23(19)24-22(25)13-11-17-10-12-18(26-5)14-21(17)27-6/h7-16H,1-6H3,(H,24,25)/b13-11+. The van der Waals surface area contributed by atoms with Crippen molar-refractivity contribution in [2.24, 2.45) is 0 Å². The molecule has 1 N–H and O–H groups in total. The summed E-state index contributed by atoms with van der Waals surface area (Å²) in [5.74, 6) is 1.85. The molecular formula is C23H29NO3. The quantitative estimate of drug-likeness (QED) is 0.648. The first-order valence-corrected chi connectivity index (χ1v) is 9.21. The van der Waals surface area contributed by atoms with Gasteiger partial charge in [0.1, 0.15) is 11.5 Å². The number of hydrogen-bond acceptors (Lipinski definition) is 3. The second kappa shape index (κ2) is 9.26. The number of nitrogens with one attached hydrogen (secondary N) is 1. The SMILES string of the molecule is COc1ccc(/C=C/C(=O)Nc2c(C(C)C)cccc2C(C)C)c(OC)c1. The lowest BCUT2D eigenvalue weighted by atomic mass is 9.92. The normalized spacial score (nSPS) is 11.3. The number of carbonyl (C=O) groups excluding carboxylic acids is 1. The van der Waals surface area contributed by atoms with E-state index < -0.39 is 0 Å². The number of amides is 1. The third-order valence-electron chi connectivity index (χ3n) is 4.48. The van der Waals surface area contributed by atoms with Crippen LogP contribution in [-0.4, -0.2) is 20.1 Å². The van der Waals surface area contributed by atoms with Gasteiger partial charge < -0.3 is 14.8 Å². The van der Waals surface area contributed by atoms with E-state index in [-0.39, 0.29) is 5.91 Å². The number of rotatable bonds is 7. The summed E-state index contributed by atoms with van der Waals surface area (Å²) in [5, 5.41) is 3.08. The molecule has 0 aromatic heterocycles. The van der Waals surface area contributed by atoms with Crippen LogP contribution in [0.2, 0.25) is 0 Å². The first-order valence-electron chi connectivity index (χ1n) is 9.21. The van der Waals surface area contributed by atoms with Crippen molar-refractivity contribution < 1.29 is 14.3 Å². The van der Waals surface area contributed by atoms with Gasteiger partial charge in [-0.15, -0.1) is 0 Å². The van der Waals surface area contributed by atoms with Crippen molar-refractivity contribution in [2.75, 3.05) is 19.5 Å². The van der Waals surface area contributed by atoms with Gasteiger partial charge in [0, 0.05) is 23.4 Å². The fourth-order valence-corrected chi connectivity index (χ4v) is 2.98. The number of ether oxygens (including phenoxy) is 2. The van der Waals surface area contributed by atoms with Crippen LogP contribution >= 0.6 is 0 Å². The molecule has 0 atom stereocenters. The molecule has 0 bridgehead atoms. The van der Waals surface area contributed by atoms with Gasteiger partial charge in [0.25, 0.3) is 0 Å². The van der Waals surface area contributed by atoms with Crippen molar-refractivity contribution in [1.82, 2.24) is 0 Å². The number of carbonyl (C=O) groups is 1. The Morgan fingerprint density at radius 3 is 2.11 bits per heavy atom.